The number of benzene rings is 1. The largest absolute Gasteiger partial charge is 0.491 e. The first-order valence-electron chi connectivity index (χ1n) is 7.97. The van der Waals surface area contributed by atoms with Crippen LogP contribution in [0.1, 0.15) is 36.5 Å². The van der Waals surface area contributed by atoms with E-state index < -0.39 is 5.97 Å². The number of rotatable bonds is 8. The molecule has 0 unspecified atom stereocenters. The number of carbonyl (C=O) groups is 2. The van der Waals surface area contributed by atoms with Gasteiger partial charge in [-0.1, -0.05) is 6.92 Å². The van der Waals surface area contributed by atoms with Gasteiger partial charge in [0.2, 0.25) is 0 Å². The fourth-order valence-electron chi connectivity index (χ4n) is 2.18. The SMILES string of the molecule is CCCNC(=O)COC(=O)c1ccc(OC[C@@H]2CCCO2)cc1. The molecule has 0 bridgehead atoms. The Morgan fingerprint density at radius 1 is 1.30 bits per heavy atom. The van der Waals surface area contributed by atoms with Gasteiger partial charge >= 0.3 is 5.97 Å². The van der Waals surface area contributed by atoms with E-state index in [9.17, 15) is 9.59 Å². The van der Waals surface area contributed by atoms with Crippen LogP contribution in [0.4, 0.5) is 0 Å². The highest BCUT2D eigenvalue weighted by Gasteiger charge is 2.16. The van der Waals surface area contributed by atoms with E-state index in [-0.39, 0.29) is 18.6 Å². The van der Waals surface area contributed by atoms with Crippen LogP contribution >= 0.6 is 0 Å². The molecule has 1 aliphatic heterocycles. The molecule has 1 amide bonds. The van der Waals surface area contributed by atoms with Crippen molar-refractivity contribution in [3.63, 3.8) is 0 Å². The Bertz CT molecular complexity index is 508. The van der Waals surface area contributed by atoms with Crippen molar-refractivity contribution in [1.29, 1.82) is 0 Å². The molecule has 126 valence electrons. The second-order valence-electron chi connectivity index (χ2n) is 5.40. The van der Waals surface area contributed by atoms with Gasteiger partial charge in [0, 0.05) is 13.2 Å². The summed E-state index contributed by atoms with van der Waals surface area (Å²) in [6, 6.07) is 6.67. The molecule has 0 saturated carbocycles. The van der Waals surface area contributed by atoms with Gasteiger partial charge in [-0.15, -0.1) is 0 Å². The highest BCUT2D eigenvalue weighted by atomic mass is 16.5. The third kappa shape index (κ3) is 5.90. The third-order valence-electron chi connectivity index (χ3n) is 3.46. The van der Waals surface area contributed by atoms with E-state index in [4.69, 9.17) is 14.2 Å². The maximum absolute atomic E-state index is 11.8. The predicted octanol–water partition coefficient (Wildman–Crippen LogP) is 1.93. The zero-order valence-electron chi connectivity index (χ0n) is 13.4. The van der Waals surface area contributed by atoms with Crippen molar-refractivity contribution in [2.24, 2.45) is 0 Å². The minimum absolute atomic E-state index is 0.154. The van der Waals surface area contributed by atoms with Gasteiger partial charge in [-0.05, 0) is 43.5 Å². The van der Waals surface area contributed by atoms with Crippen LogP contribution in [0, 0.1) is 0 Å². The number of amides is 1. The van der Waals surface area contributed by atoms with Crippen LogP contribution in [0.15, 0.2) is 24.3 Å². The predicted molar refractivity (Wildman–Crippen MR) is 84.5 cm³/mol. The first-order valence-corrected chi connectivity index (χ1v) is 7.97. The molecule has 1 aromatic rings. The maximum Gasteiger partial charge on any atom is 0.338 e. The Morgan fingerprint density at radius 2 is 2.09 bits per heavy atom. The molecule has 1 aromatic carbocycles. The summed E-state index contributed by atoms with van der Waals surface area (Å²) in [4.78, 5) is 23.2. The molecule has 0 aromatic heterocycles. The van der Waals surface area contributed by atoms with Crippen LogP contribution in [-0.4, -0.2) is 44.3 Å². The lowest BCUT2D eigenvalue weighted by Crippen LogP contribution is -2.29. The lowest BCUT2D eigenvalue weighted by molar-refractivity contribution is -0.124. The van der Waals surface area contributed by atoms with Crippen LogP contribution in [-0.2, 0) is 14.3 Å². The second-order valence-corrected chi connectivity index (χ2v) is 5.40. The van der Waals surface area contributed by atoms with Crippen LogP contribution in [0.25, 0.3) is 0 Å². The van der Waals surface area contributed by atoms with Crippen molar-refractivity contribution in [2.45, 2.75) is 32.3 Å². The average Bonchev–Trinajstić information content (AvgIpc) is 3.10. The zero-order valence-corrected chi connectivity index (χ0v) is 13.4. The van der Waals surface area contributed by atoms with Crippen molar-refractivity contribution >= 4 is 11.9 Å². The first kappa shape index (κ1) is 17.3. The van der Waals surface area contributed by atoms with Crippen LogP contribution in [0.5, 0.6) is 5.75 Å². The normalized spacial score (nSPS) is 16.8. The first-order chi connectivity index (χ1) is 11.2. The fraction of sp³-hybridized carbons (Fsp3) is 0.529. The molecule has 0 spiro atoms. The van der Waals surface area contributed by atoms with Crippen LogP contribution in [0.2, 0.25) is 0 Å². The van der Waals surface area contributed by atoms with E-state index in [0.717, 1.165) is 25.9 Å². The molecular formula is C17H23NO5. The number of carbonyl (C=O) groups excluding carboxylic acids is 2. The van der Waals surface area contributed by atoms with Crippen molar-refractivity contribution in [2.75, 3.05) is 26.4 Å². The van der Waals surface area contributed by atoms with Crippen LogP contribution < -0.4 is 10.1 Å². The zero-order chi connectivity index (χ0) is 16.5. The molecule has 1 atom stereocenters. The molecule has 0 aliphatic carbocycles. The molecule has 23 heavy (non-hydrogen) atoms. The smallest absolute Gasteiger partial charge is 0.338 e. The van der Waals surface area contributed by atoms with E-state index in [1.54, 1.807) is 24.3 Å². The van der Waals surface area contributed by atoms with Crippen LogP contribution in [0.3, 0.4) is 0 Å². The Balaban J connectivity index is 1.74. The Kier molecular flexibility index (Phi) is 6.87. The van der Waals surface area contributed by atoms with Crippen molar-refractivity contribution in [1.82, 2.24) is 5.32 Å². The van der Waals surface area contributed by atoms with Gasteiger partial charge in [-0.3, -0.25) is 4.79 Å². The standard InChI is InChI=1S/C17H23NO5/c1-2-9-18-16(19)12-23-17(20)13-5-7-14(8-6-13)22-11-15-4-3-10-21-15/h5-8,15H,2-4,9-12H2,1H3,(H,18,19)/t15-/m0/s1. The number of hydrogen-bond acceptors (Lipinski definition) is 5. The van der Waals surface area contributed by atoms with E-state index in [1.165, 1.54) is 0 Å². The highest BCUT2D eigenvalue weighted by Crippen LogP contribution is 2.17. The Hall–Kier alpha value is -2.08. The van der Waals surface area contributed by atoms with Crippen molar-refractivity contribution in [3.8, 4) is 5.75 Å². The molecule has 0 radical (unpaired) electrons. The average molecular weight is 321 g/mol. The third-order valence-corrected chi connectivity index (χ3v) is 3.46. The molecule has 1 heterocycles. The fourth-order valence-corrected chi connectivity index (χ4v) is 2.18. The quantitative estimate of drug-likeness (QED) is 0.741. The summed E-state index contributed by atoms with van der Waals surface area (Å²) in [6.45, 7) is 3.57. The molecular weight excluding hydrogens is 298 g/mol. The van der Waals surface area contributed by atoms with E-state index >= 15 is 0 Å². The minimum atomic E-state index is -0.526. The van der Waals surface area contributed by atoms with Gasteiger partial charge < -0.3 is 19.5 Å². The number of hydrogen-bond donors (Lipinski definition) is 1. The van der Waals surface area contributed by atoms with E-state index in [1.807, 2.05) is 6.92 Å². The van der Waals surface area contributed by atoms with Gasteiger partial charge in [0.1, 0.15) is 12.4 Å². The highest BCUT2D eigenvalue weighted by molar-refractivity contribution is 5.91. The number of ether oxygens (including phenoxy) is 3. The van der Waals surface area contributed by atoms with E-state index in [0.29, 0.717) is 24.5 Å². The molecule has 6 heteroatoms. The van der Waals surface area contributed by atoms with Crippen molar-refractivity contribution in [3.05, 3.63) is 29.8 Å². The summed E-state index contributed by atoms with van der Waals surface area (Å²) in [6.07, 6.45) is 3.09. The molecule has 6 nitrogen and oxygen atoms in total. The summed E-state index contributed by atoms with van der Waals surface area (Å²) >= 11 is 0. The minimum Gasteiger partial charge on any atom is -0.491 e. The molecule has 1 fully saturated rings. The lowest BCUT2D eigenvalue weighted by Gasteiger charge is -2.11. The van der Waals surface area contributed by atoms with Gasteiger partial charge in [0.15, 0.2) is 6.61 Å². The van der Waals surface area contributed by atoms with E-state index in [2.05, 4.69) is 5.32 Å². The van der Waals surface area contributed by atoms with Gasteiger partial charge in [0.05, 0.1) is 11.7 Å². The monoisotopic (exact) mass is 321 g/mol. The molecule has 1 saturated heterocycles. The van der Waals surface area contributed by atoms with Gasteiger partial charge in [-0.2, -0.15) is 0 Å². The molecule has 1 aliphatic rings. The summed E-state index contributed by atoms with van der Waals surface area (Å²) in [5.74, 6) is -0.142. The topological polar surface area (TPSA) is 73.9 Å². The summed E-state index contributed by atoms with van der Waals surface area (Å²) < 4.78 is 16.1. The molecule has 1 N–H and O–H groups in total. The Labute approximate surface area is 136 Å². The molecule has 2 rings (SSSR count). The van der Waals surface area contributed by atoms with Gasteiger partial charge in [0.25, 0.3) is 5.91 Å². The summed E-state index contributed by atoms with van der Waals surface area (Å²) in [5.41, 5.74) is 0.387. The van der Waals surface area contributed by atoms with Crippen molar-refractivity contribution < 1.29 is 23.8 Å². The van der Waals surface area contributed by atoms with Gasteiger partial charge in [-0.25, -0.2) is 4.79 Å². The lowest BCUT2D eigenvalue weighted by atomic mass is 10.2. The second kappa shape index (κ2) is 9.15. The number of nitrogens with one attached hydrogen (secondary N) is 1. The number of esters is 1. The maximum atomic E-state index is 11.8. The summed E-state index contributed by atoms with van der Waals surface area (Å²) in [5, 5.41) is 2.64. The Morgan fingerprint density at radius 3 is 2.74 bits per heavy atom. The summed E-state index contributed by atoms with van der Waals surface area (Å²) in [7, 11) is 0.